The van der Waals surface area contributed by atoms with Crippen LogP contribution in [-0.4, -0.2) is 43.5 Å². The fourth-order valence-electron chi connectivity index (χ4n) is 4.32. The number of methoxy groups -OCH3 is 2. The van der Waals surface area contributed by atoms with Gasteiger partial charge in [-0.05, 0) is 36.8 Å². The van der Waals surface area contributed by atoms with Gasteiger partial charge in [0.15, 0.2) is 11.5 Å². The van der Waals surface area contributed by atoms with Gasteiger partial charge in [-0.25, -0.2) is 0 Å². The van der Waals surface area contributed by atoms with Crippen LogP contribution >= 0.6 is 11.3 Å². The first-order valence-electron chi connectivity index (χ1n) is 11.4. The van der Waals surface area contributed by atoms with Gasteiger partial charge in [0.2, 0.25) is 11.8 Å². The van der Waals surface area contributed by atoms with Crippen molar-refractivity contribution in [2.45, 2.75) is 64.0 Å². The van der Waals surface area contributed by atoms with Gasteiger partial charge in [-0.2, -0.15) is 0 Å². The molecule has 0 spiro atoms. The van der Waals surface area contributed by atoms with E-state index in [4.69, 9.17) is 9.47 Å². The monoisotopic (exact) mass is 458 g/mol. The molecule has 0 saturated heterocycles. The molecule has 1 aromatic heterocycles. The zero-order valence-electron chi connectivity index (χ0n) is 19.3. The van der Waals surface area contributed by atoms with Crippen LogP contribution in [0.25, 0.3) is 0 Å². The van der Waals surface area contributed by atoms with Gasteiger partial charge in [0.05, 0.1) is 20.6 Å². The van der Waals surface area contributed by atoms with Crippen molar-refractivity contribution in [2.75, 3.05) is 20.8 Å². The number of nitrogens with one attached hydrogen (secondary N) is 1. The molecule has 1 fully saturated rings. The van der Waals surface area contributed by atoms with E-state index >= 15 is 0 Å². The van der Waals surface area contributed by atoms with E-state index in [1.165, 1.54) is 0 Å². The van der Waals surface area contributed by atoms with Gasteiger partial charge >= 0.3 is 0 Å². The van der Waals surface area contributed by atoms with Crippen molar-refractivity contribution in [1.82, 2.24) is 10.2 Å². The number of unbranched alkanes of at least 4 members (excludes halogenated alkanes) is 1. The summed E-state index contributed by atoms with van der Waals surface area (Å²) in [7, 11) is 3.14. The minimum Gasteiger partial charge on any atom is -0.493 e. The zero-order valence-corrected chi connectivity index (χ0v) is 20.1. The van der Waals surface area contributed by atoms with E-state index in [1.807, 2.05) is 29.6 Å². The molecule has 0 aliphatic heterocycles. The van der Waals surface area contributed by atoms with E-state index in [0.29, 0.717) is 23.6 Å². The molecule has 0 bridgehead atoms. The van der Waals surface area contributed by atoms with Crippen molar-refractivity contribution in [1.29, 1.82) is 0 Å². The molecule has 1 aromatic carbocycles. The van der Waals surface area contributed by atoms with Crippen LogP contribution in [-0.2, 0) is 16.0 Å². The smallest absolute Gasteiger partial charge is 0.247 e. The Morgan fingerprint density at radius 3 is 2.56 bits per heavy atom. The Balaban J connectivity index is 2.01. The van der Waals surface area contributed by atoms with Crippen molar-refractivity contribution in [3.05, 3.63) is 46.2 Å². The van der Waals surface area contributed by atoms with Crippen LogP contribution in [0.3, 0.4) is 0 Å². The predicted molar refractivity (Wildman–Crippen MR) is 127 cm³/mol. The second kappa shape index (κ2) is 11.9. The van der Waals surface area contributed by atoms with Crippen molar-refractivity contribution < 1.29 is 19.1 Å². The maximum absolute atomic E-state index is 13.7. The van der Waals surface area contributed by atoms with Gasteiger partial charge in [-0.1, -0.05) is 44.4 Å². The Labute approximate surface area is 194 Å². The summed E-state index contributed by atoms with van der Waals surface area (Å²) in [5.41, 5.74) is 0.651. The summed E-state index contributed by atoms with van der Waals surface area (Å²) in [6.45, 7) is 2.59. The van der Waals surface area contributed by atoms with Crippen LogP contribution in [0.2, 0.25) is 0 Å². The molecule has 2 aromatic rings. The van der Waals surface area contributed by atoms with E-state index in [1.54, 1.807) is 36.5 Å². The van der Waals surface area contributed by atoms with Crippen molar-refractivity contribution in [3.8, 4) is 11.5 Å². The maximum Gasteiger partial charge on any atom is 0.247 e. The van der Waals surface area contributed by atoms with Gasteiger partial charge in [-0.3, -0.25) is 9.59 Å². The molecule has 1 heterocycles. The van der Waals surface area contributed by atoms with Crippen LogP contribution < -0.4 is 14.8 Å². The van der Waals surface area contributed by atoms with Crippen LogP contribution in [0.15, 0.2) is 35.7 Å². The summed E-state index contributed by atoms with van der Waals surface area (Å²) in [6, 6.07) is 8.78. The van der Waals surface area contributed by atoms with E-state index in [0.717, 1.165) is 43.4 Å². The first kappa shape index (κ1) is 24.1. The van der Waals surface area contributed by atoms with Crippen LogP contribution in [0.1, 0.15) is 61.9 Å². The van der Waals surface area contributed by atoms with E-state index < -0.39 is 6.04 Å². The normalized spacial score (nSPS) is 14.7. The fraction of sp³-hybridized carbons (Fsp3) is 0.520. The maximum atomic E-state index is 13.7. The lowest BCUT2D eigenvalue weighted by molar-refractivity contribution is -0.140. The third kappa shape index (κ3) is 5.82. The summed E-state index contributed by atoms with van der Waals surface area (Å²) in [5.74, 6) is 0.827. The summed E-state index contributed by atoms with van der Waals surface area (Å²) in [5, 5.41) is 5.18. The zero-order chi connectivity index (χ0) is 22.9. The number of carbonyl (C=O) groups excluding carboxylic acids is 2. The number of hydrogen-bond donors (Lipinski definition) is 1. The lowest BCUT2D eigenvalue weighted by atomic mass is 10.0. The highest BCUT2D eigenvalue weighted by molar-refractivity contribution is 7.10. The lowest BCUT2D eigenvalue weighted by Gasteiger charge is -2.33. The average Bonchev–Trinajstić information content (AvgIpc) is 3.50. The molecule has 0 radical (unpaired) electrons. The quantitative estimate of drug-likeness (QED) is 0.528. The summed E-state index contributed by atoms with van der Waals surface area (Å²) in [4.78, 5) is 29.9. The largest absolute Gasteiger partial charge is 0.493 e. The number of nitrogens with zero attached hydrogens (tertiary/aromatic N) is 1. The molecule has 1 atom stereocenters. The van der Waals surface area contributed by atoms with Gasteiger partial charge in [0.25, 0.3) is 0 Å². The molecule has 174 valence electrons. The van der Waals surface area contributed by atoms with Crippen LogP contribution in [0.5, 0.6) is 11.5 Å². The molecule has 6 nitrogen and oxygen atoms in total. The van der Waals surface area contributed by atoms with Crippen molar-refractivity contribution in [3.63, 3.8) is 0 Å². The standard InChI is InChI=1S/C25H34N2O4S/c1-4-5-15-27(22(28)17-19-12-9-16-32-19)23(25(29)26-18-10-6-7-11-18)20-13-8-14-21(30-2)24(20)31-3/h8-9,12-14,16,18,23H,4-7,10-11,15,17H2,1-3H3,(H,26,29)/t23-/m0/s1. The molecule has 1 aliphatic carbocycles. The van der Waals surface area contributed by atoms with Gasteiger partial charge in [0, 0.05) is 23.0 Å². The number of para-hydroxylation sites is 1. The van der Waals surface area contributed by atoms with E-state index in [9.17, 15) is 9.59 Å². The molecule has 1 aliphatic rings. The predicted octanol–water partition coefficient (Wildman–Crippen LogP) is 4.74. The van der Waals surface area contributed by atoms with Gasteiger partial charge in [-0.15, -0.1) is 11.3 Å². The molecule has 1 N–H and O–H groups in total. The van der Waals surface area contributed by atoms with Gasteiger partial charge < -0.3 is 19.7 Å². The molecule has 7 heteroatoms. The van der Waals surface area contributed by atoms with Crippen molar-refractivity contribution >= 4 is 23.2 Å². The number of amides is 2. The fourth-order valence-corrected chi connectivity index (χ4v) is 5.01. The second-order valence-corrected chi connectivity index (χ2v) is 9.20. The lowest BCUT2D eigenvalue weighted by Crippen LogP contribution is -2.47. The number of rotatable bonds is 11. The minimum absolute atomic E-state index is 0.0580. The number of carbonyl (C=O) groups is 2. The van der Waals surface area contributed by atoms with E-state index in [-0.39, 0.29) is 24.3 Å². The first-order valence-corrected chi connectivity index (χ1v) is 12.3. The third-order valence-corrected chi connectivity index (χ3v) is 6.84. The summed E-state index contributed by atoms with van der Waals surface area (Å²) >= 11 is 1.56. The second-order valence-electron chi connectivity index (χ2n) is 8.17. The number of ether oxygens (including phenoxy) is 2. The topological polar surface area (TPSA) is 67.9 Å². The van der Waals surface area contributed by atoms with Crippen LogP contribution in [0, 0.1) is 0 Å². The molecule has 1 saturated carbocycles. The van der Waals surface area contributed by atoms with Crippen molar-refractivity contribution in [2.24, 2.45) is 0 Å². The highest BCUT2D eigenvalue weighted by atomic mass is 32.1. The number of hydrogen-bond acceptors (Lipinski definition) is 5. The number of benzene rings is 1. The Bertz CT molecular complexity index is 878. The third-order valence-electron chi connectivity index (χ3n) is 5.97. The van der Waals surface area contributed by atoms with Crippen LogP contribution in [0.4, 0.5) is 0 Å². The number of thiophene rings is 1. The molecule has 2 amide bonds. The summed E-state index contributed by atoms with van der Waals surface area (Å²) in [6.07, 6.45) is 6.22. The Hall–Kier alpha value is -2.54. The molecular formula is C25H34N2O4S. The minimum atomic E-state index is -0.778. The average molecular weight is 459 g/mol. The molecule has 32 heavy (non-hydrogen) atoms. The Morgan fingerprint density at radius 1 is 1.16 bits per heavy atom. The highest BCUT2D eigenvalue weighted by Crippen LogP contribution is 2.38. The summed E-state index contributed by atoms with van der Waals surface area (Å²) < 4.78 is 11.2. The molecular weight excluding hydrogens is 424 g/mol. The molecule has 0 unspecified atom stereocenters. The highest BCUT2D eigenvalue weighted by Gasteiger charge is 2.35. The SMILES string of the molecule is CCCCN(C(=O)Cc1cccs1)[C@H](C(=O)NC1CCCC1)c1cccc(OC)c1OC. The first-order chi connectivity index (χ1) is 15.6. The Kier molecular flexibility index (Phi) is 8.97. The Morgan fingerprint density at radius 2 is 1.94 bits per heavy atom. The van der Waals surface area contributed by atoms with Gasteiger partial charge in [0.1, 0.15) is 6.04 Å². The van der Waals surface area contributed by atoms with E-state index in [2.05, 4.69) is 12.2 Å². The molecule has 3 rings (SSSR count).